The molecule has 0 aliphatic heterocycles. The van der Waals surface area contributed by atoms with Gasteiger partial charge in [0.05, 0.1) is 23.8 Å². The van der Waals surface area contributed by atoms with Crippen LogP contribution in [0, 0.1) is 11.3 Å². The first-order chi connectivity index (χ1) is 8.35. The summed E-state index contributed by atoms with van der Waals surface area (Å²) in [5.74, 6) is -0.952. The summed E-state index contributed by atoms with van der Waals surface area (Å²) in [5, 5.41) is 8.81. The van der Waals surface area contributed by atoms with Crippen molar-refractivity contribution >= 4 is 5.97 Å². The van der Waals surface area contributed by atoms with Gasteiger partial charge in [0.15, 0.2) is 0 Å². The highest BCUT2D eigenvalue weighted by Gasteiger charge is 2.36. The van der Waals surface area contributed by atoms with Gasteiger partial charge in [-0.05, 0) is 24.1 Å². The van der Waals surface area contributed by atoms with E-state index in [9.17, 15) is 18.0 Å². The molecule has 0 fully saturated rings. The molecule has 96 valence electrons. The maximum atomic E-state index is 12.8. The highest BCUT2D eigenvalue weighted by molar-refractivity contribution is 5.93. The number of carbonyl (C=O) groups is 1. The SMILES string of the molecule is CCc1cc(C(=O)OC)c(C#N)c(C(F)(F)F)c1. The van der Waals surface area contributed by atoms with Crippen LogP contribution >= 0.6 is 0 Å². The number of halogens is 3. The third-order valence-electron chi connectivity index (χ3n) is 2.43. The summed E-state index contributed by atoms with van der Waals surface area (Å²) < 4.78 is 42.8. The zero-order valence-electron chi connectivity index (χ0n) is 9.76. The van der Waals surface area contributed by atoms with Crippen LogP contribution in [0.1, 0.15) is 34.0 Å². The Labute approximate surface area is 102 Å². The quantitative estimate of drug-likeness (QED) is 0.765. The molecule has 1 rings (SSSR count). The highest BCUT2D eigenvalue weighted by atomic mass is 19.4. The molecule has 0 heterocycles. The molecular formula is C12H10F3NO2. The maximum Gasteiger partial charge on any atom is 0.417 e. The minimum atomic E-state index is -4.68. The van der Waals surface area contributed by atoms with E-state index in [1.54, 1.807) is 6.92 Å². The minimum Gasteiger partial charge on any atom is -0.465 e. The molecule has 0 saturated carbocycles. The van der Waals surface area contributed by atoms with Gasteiger partial charge in [-0.3, -0.25) is 0 Å². The van der Waals surface area contributed by atoms with E-state index in [0.29, 0.717) is 12.0 Å². The smallest absolute Gasteiger partial charge is 0.417 e. The van der Waals surface area contributed by atoms with Gasteiger partial charge in [-0.1, -0.05) is 6.92 Å². The topological polar surface area (TPSA) is 50.1 Å². The van der Waals surface area contributed by atoms with Crippen molar-refractivity contribution in [1.29, 1.82) is 5.26 Å². The Morgan fingerprint density at radius 3 is 2.44 bits per heavy atom. The molecule has 0 atom stereocenters. The van der Waals surface area contributed by atoms with Gasteiger partial charge in [0.25, 0.3) is 0 Å². The molecule has 1 aromatic rings. The summed E-state index contributed by atoms with van der Waals surface area (Å²) in [4.78, 5) is 11.4. The van der Waals surface area contributed by atoms with Crippen LogP contribution in [-0.4, -0.2) is 13.1 Å². The molecular weight excluding hydrogens is 247 g/mol. The van der Waals surface area contributed by atoms with Crippen molar-refractivity contribution in [1.82, 2.24) is 0 Å². The van der Waals surface area contributed by atoms with Crippen molar-refractivity contribution in [2.75, 3.05) is 7.11 Å². The predicted octanol–water partition coefficient (Wildman–Crippen LogP) is 2.93. The molecule has 0 bridgehead atoms. The fourth-order valence-corrected chi connectivity index (χ4v) is 1.52. The number of nitrogens with zero attached hydrogens (tertiary/aromatic N) is 1. The summed E-state index contributed by atoms with van der Waals surface area (Å²) in [5.41, 5.74) is -1.84. The predicted molar refractivity (Wildman–Crippen MR) is 56.9 cm³/mol. The van der Waals surface area contributed by atoms with Crippen molar-refractivity contribution in [3.8, 4) is 6.07 Å². The molecule has 0 aliphatic carbocycles. The normalized spacial score (nSPS) is 10.9. The van der Waals surface area contributed by atoms with Gasteiger partial charge in [0, 0.05) is 0 Å². The first-order valence-electron chi connectivity index (χ1n) is 5.07. The van der Waals surface area contributed by atoms with Crippen molar-refractivity contribution < 1.29 is 22.7 Å². The van der Waals surface area contributed by atoms with Crippen LogP contribution in [0.15, 0.2) is 12.1 Å². The molecule has 0 spiro atoms. The molecule has 1 aromatic carbocycles. The molecule has 0 N–H and O–H groups in total. The van der Waals surface area contributed by atoms with Crippen LogP contribution < -0.4 is 0 Å². The fraction of sp³-hybridized carbons (Fsp3) is 0.333. The monoisotopic (exact) mass is 257 g/mol. The van der Waals surface area contributed by atoms with Crippen LogP contribution in [-0.2, 0) is 17.3 Å². The van der Waals surface area contributed by atoms with Crippen LogP contribution in [0.25, 0.3) is 0 Å². The van der Waals surface area contributed by atoms with Crippen molar-refractivity contribution in [2.45, 2.75) is 19.5 Å². The van der Waals surface area contributed by atoms with Crippen LogP contribution in [0.3, 0.4) is 0 Å². The first kappa shape index (κ1) is 14.0. The van der Waals surface area contributed by atoms with Gasteiger partial charge in [0.1, 0.15) is 6.07 Å². The van der Waals surface area contributed by atoms with E-state index in [-0.39, 0.29) is 5.56 Å². The minimum absolute atomic E-state index is 0.318. The van der Waals surface area contributed by atoms with Gasteiger partial charge in [-0.2, -0.15) is 18.4 Å². The van der Waals surface area contributed by atoms with Gasteiger partial charge < -0.3 is 4.74 Å². The van der Waals surface area contributed by atoms with E-state index in [0.717, 1.165) is 13.2 Å². The summed E-state index contributed by atoms with van der Waals surface area (Å²) >= 11 is 0. The molecule has 3 nitrogen and oxygen atoms in total. The van der Waals surface area contributed by atoms with Crippen LogP contribution in [0.5, 0.6) is 0 Å². The number of nitriles is 1. The maximum absolute atomic E-state index is 12.8. The number of hydrogen-bond donors (Lipinski definition) is 0. The fourth-order valence-electron chi connectivity index (χ4n) is 1.52. The Balaban J connectivity index is 3.62. The lowest BCUT2D eigenvalue weighted by Gasteiger charge is -2.13. The second kappa shape index (κ2) is 5.08. The molecule has 0 amide bonds. The standard InChI is InChI=1S/C12H10F3NO2/c1-3-7-4-8(11(17)18-2)9(6-16)10(5-7)12(13,14)15/h4-5H,3H2,1-2H3. The van der Waals surface area contributed by atoms with Gasteiger partial charge in [-0.25, -0.2) is 4.79 Å². The number of methoxy groups -OCH3 is 1. The number of hydrogen-bond acceptors (Lipinski definition) is 3. The molecule has 0 aliphatic rings. The summed E-state index contributed by atoms with van der Waals surface area (Å²) in [6, 6.07) is 3.55. The highest BCUT2D eigenvalue weighted by Crippen LogP contribution is 2.34. The first-order valence-corrected chi connectivity index (χ1v) is 5.07. The third-order valence-corrected chi connectivity index (χ3v) is 2.43. The Morgan fingerprint density at radius 1 is 1.44 bits per heavy atom. The number of ether oxygens (including phenoxy) is 1. The Kier molecular flexibility index (Phi) is 3.96. The summed E-state index contributed by atoms with van der Waals surface area (Å²) in [6.07, 6.45) is -4.36. The number of alkyl halides is 3. The lowest BCUT2D eigenvalue weighted by Crippen LogP contribution is -2.14. The number of benzene rings is 1. The van der Waals surface area contributed by atoms with E-state index >= 15 is 0 Å². The molecule has 18 heavy (non-hydrogen) atoms. The second-order valence-corrected chi connectivity index (χ2v) is 3.52. The van der Waals surface area contributed by atoms with Crippen LogP contribution in [0.4, 0.5) is 13.2 Å². The molecule has 0 unspecified atom stereocenters. The lowest BCUT2D eigenvalue weighted by atomic mass is 9.97. The zero-order valence-corrected chi connectivity index (χ0v) is 9.76. The van der Waals surface area contributed by atoms with E-state index < -0.39 is 23.3 Å². The third kappa shape index (κ3) is 2.62. The molecule has 6 heteroatoms. The zero-order chi connectivity index (χ0) is 13.9. The molecule has 0 aromatic heterocycles. The number of rotatable bonds is 2. The summed E-state index contributed by atoms with van der Waals surface area (Å²) in [6.45, 7) is 1.66. The number of aryl methyl sites for hydroxylation is 1. The Bertz CT molecular complexity index is 515. The number of esters is 1. The van der Waals surface area contributed by atoms with E-state index in [1.165, 1.54) is 12.1 Å². The van der Waals surface area contributed by atoms with Gasteiger partial charge in [-0.15, -0.1) is 0 Å². The largest absolute Gasteiger partial charge is 0.465 e. The van der Waals surface area contributed by atoms with Crippen LogP contribution in [0.2, 0.25) is 0 Å². The van der Waals surface area contributed by atoms with Gasteiger partial charge >= 0.3 is 12.1 Å². The van der Waals surface area contributed by atoms with Crippen molar-refractivity contribution in [3.63, 3.8) is 0 Å². The average molecular weight is 257 g/mol. The van der Waals surface area contributed by atoms with E-state index in [2.05, 4.69) is 4.74 Å². The molecule has 0 radical (unpaired) electrons. The van der Waals surface area contributed by atoms with Crippen molar-refractivity contribution in [3.05, 3.63) is 34.4 Å². The van der Waals surface area contributed by atoms with Gasteiger partial charge in [0.2, 0.25) is 0 Å². The number of carbonyl (C=O) groups excluding carboxylic acids is 1. The lowest BCUT2D eigenvalue weighted by molar-refractivity contribution is -0.137. The Hall–Kier alpha value is -2.03. The second-order valence-electron chi connectivity index (χ2n) is 3.52. The van der Waals surface area contributed by atoms with Crippen molar-refractivity contribution in [2.24, 2.45) is 0 Å². The average Bonchev–Trinajstić information content (AvgIpc) is 2.34. The summed E-state index contributed by atoms with van der Waals surface area (Å²) in [7, 11) is 1.05. The Morgan fingerprint density at radius 2 is 2.06 bits per heavy atom. The van der Waals surface area contributed by atoms with E-state index in [4.69, 9.17) is 5.26 Å². The molecule has 0 saturated heterocycles. The van der Waals surface area contributed by atoms with E-state index in [1.807, 2.05) is 0 Å².